The van der Waals surface area contributed by atoms with Crippen LogP contribution in [-0.2, 0) is 23.3 Å². The third kappa shape index (κ3) is 13.2. The first-order valence-corrected chi connectivity index (χ1v) is 13.3. The van der Waals surface area contributed by atoms with Crippen molar-refractivity contribution in [3.8, 4) is 5.75 Å². The number of rotatable bonds is 19. The zero-order valence-corrected chi connectivity index (χ0v) is 19.6. The van der Waals surface area contributed by atoms with Gasteiger partial charge in [-0.15, -0.1) is 0 Å². The number of unbranched alkanes of at least 4 members (excludes halogenated alkanes) is 13. The molecule has 0 heterocycles. The first-order valence-electron chi connectivity index (χ1n) is 11.8. The van der Waals surface area contributed by atoms with Gasteiger partial charge in [-0.3, -0.25) is 0 Å². The molecule has 0 amide bonds. The lowest BCUT2D eigenvalue weighted by Crippen LogP contribution is -2.14. The summed E-state index contributed by atoms with van der Waals surface area (Å²) in [6.07, 6.45) is 17.1. The minimum absolute atomic E-state index is 0.0111. The van der Waals surface area contributed by atoms with E-state index in [1.807, 2.05) is 0 Å². The topological polar surface area (TPSA) is 83.8 Å². The van der Waals surface area contributed by atoms with Crippen LogP contribution in [0.4, 0.5) is 0 Å². The SMILES string of the molecule is CCCCCCCCCCCCCCCCS(=O)(=O)Oc1cc(CO)cc(CO)c1. The Balaban J connectivity index is 2.08. The summed E-state index contributed by atoms with van der Waals surface area (Å²) in [5.74, 6) is 0.138. The van der Waals surface area contributed by atoms with Crippen LogP contribution in [0.3, 0.4) is 0 Å². The molecule has 0 spiro atoms. The molecule has 0 unspecified atom stereocenters. The highest BCUT2D eigenvalue weighted by Gasteiger charge is 2.13. The molecule has 1 aromatic carbocycles. The quantitative estimate of drug-likeness (QED) is 0.207. The van der Waals surface area contributed by atoms with Gasteiger partial charge in [0.2, 0.25) is 0 Å². The van der Waals surface area contributed by atoms with Crippen molar-refractivity contribution in [2.75, 3.05) is 5.75 Å². The summed E-state index contributed by atoms with van der Waals surface area (Å²) in [6, 6.07) is 4.59. The molecule has 0 bridgehead atoms. The molecule has 1 rings (SSSR count). The van der Waals surface area contributed by atoms with Crippen molar-refractivity contribution in [1.29, 1.82) is 0 Å². The Labute approximate surface area is 184 Å². The largest absolute Gasteiger partial charge is 0.392 e. The number of aliphatic hydroxyl groups is 2. The van der Waals surface area contributed by atoms with Crippen LogP contribution in [0.2, 0.25) is 0 Å². The second kappa shape index (κ2) is 16.6. The molecule has 6 heteroatoms. The van der Waals surface area contributed by atoms with E-state index in [0.29, 0.717) is 17.5 Å². The molecule has 0 saturated carbocycles. The average molecular weight is 443 g/mol. The van der Waals surface area contributed by atoms with Crippen molar-refractivity contribution < 1.29 is 22.8 Å². The lowest BCUT2D eigenvalue weighted by Gasteiger charge is -2.10. The highest BCUT2D eigenvalue weighted by Crippen LogP contribution is 2.20. The molecule has 174 valence electrons. The van der Waals surface area contributed by atoms with Gasteiger partial charge in [0.05, 0.1) is 19.0 Å². The van der Waals surface area contributed by atoms with Gasteiger partial charge in [-0.05, 0) is 29.7 Å². The highest BCUT2D eigenvalue weighted by atomic mass is 32.2. The number of benzene rings is 1. The molecule has 0 aliphatic heterocycles. The maximum atomic E-state index is 12.2. The molecule has 1 aromatic rings. The summed E-state index contributed by atoms with van der Waals surface area (Å²) in [4.78, 5) is 0. The third-order valence-electron chi connectivity index (χ3n) is 5.36. The monoisotopic (exact) mass is 442 g/mol. The van der Waals surface area contributed by atoms with Gasteiger partial charge in [-0.2, -0.15) is 8.42 Å². The Bertz CT molecular complexity index is 635. The Morgan fingerprint density at radius 2 is 1.07 bits per heavy atom. The molecule has 0 aromatic heterocycles. The van der Waals surface area contributed by atoms with Gasteiger partial charge in [-0.25, -0.2) is 0 Å². The Morgan fingerprint density at radius 3 is 1.47 bits per heavy atom. The van der Waals surface area contributed by atoms with Gasteiger partial charge in [-0.1, -0.05) is 96.5 Å². The van der Waals surface area contributed by atoms with Gasteiger partial charge < -0.3 is 14.4 Å². The number of hydrogen-bond donors (Lipinski definition) is 2. The molecule has 0 aliphatic carbocycles. The molecular weight excluding hydrogens is 400 g/mol. The third-order valence-corrected chi connectivity index (χ3v) is 6.60. The highest BCUT2D eigenvalue weighted by molar-refractivity contribution is 7.87. The van der Waals surface area contributed by atoms with E-state index >= 15 is 0 Å². The smallest absolute Gasteiger partial charge is 0.309 e. The van der Waals surface area contributed by atoms with Gasteiger partial charge in [0.25, 0.3) is 0 Å². The second-order valence-electron chi connectivity index (χ2n) is 8.24. The Hall–Kier alpha value is -1.11. The summed E-state index contributed by atoms with van der Waals surface area (Å²) in [6.45, 7) is 1.78. The lowest BCUT2D eigenvalue weighted by atomic mass is 10.0. The zero-order chi connectivity index (χ0) is 22.1. The molecule has 0 radical (unpaired) electrons. The number of hydrogen-bond acceptors (Lipinski definition) is 5. The van der Waals surface area contributed by atoms with Crippen molar-refractivity contribution in [1.82, 2.24) is 0 Å². The van der Waals surface area contributed by atoms with Crippen molar-refractivity contribution >= 4 is 10.1 Å². The van der Waals surface area contributed by atoms with E-state index in [1.54, 1.807) is 6.07 Å². The predicted molar refractivity (Wildman–Crippen MR) is 123 cm³/mol. The van der Waals surface area contributed by atoms with Crippen molar-refractivity contribution in [3.63, 3.8) is 0 Å². The molecule has 0 fully saturated rings. The molecule has 5 nitrogen and oxygen atoms in total. The van der Waals surface area contributed by atoms with Gasteiger partial charge >= 0.3 is 10.1 Å². The fraction of sp³-hybridized carbons (Fsp3) is 0.750. The fourth-order valence-electron chi connectivity index (χ4n) is 3.62. The summed E-state index contributed by atoms with van der Waals surface area (Å²) in [7, 11) is -3.66. The van der Waals surface area contributed by atoms with Crippen LogP contribution in [0.25, 0.3) is 0 Å². The van der Waals surface area contributed by atoms with Crippen LogP contribution in [-0.4, -0.2) is 24.4 Å². The molecule has 0 aliphatic rings. The van der Waals surface area contributed by atoms with Crippen molar-refractivity contribution in [2.24, 2.45) is 0 Å². The summed E-state index contributed by atoms with van der Waals surface area (Å²) >= 11 is 0. The predicted octanol–water partition coefficient (Wildman–Crippen LogP) is 5.86. The maximum absolute atomic E-state index is 12.2. The van der Waals surface area contributed by atoms with Crippen LogP contribution in [0.5, 0.6) is 5.75 Å². The van der Waals surface area contributed by atoms with E-state index in [1.165, 1.54) is 76.3 Å². The molecule has 0 atom stereocenters. The van der Waals surface area contributed by atoms with E-state index in [-0.39, 0.29) is 24.7 Å². The van der Waals surface area contributed by atoms with Gasteiger partial charge in [0.1, 0.15) is 5.75 Å². The van der Waals surface area contributed by atoms with Crippen molar-refractivity contribution in [2.45, 2.75) is 110 Å². The molecule has 0 saturated heterocycles. The molecule has 2 N–H and O–H groups in total. The normalized spacial score (nSPS) is 11.7. The summed E-state index contributed by atoms with van der Waals surface area (Å²) in [5.41, 5.74) is 1.03. The summed E-state index contributed by atoms with van der Waals surface area (Å²) < 4.78 is 29.5. The lowest BCUT2D eigenvalue weighted by molar-refractivity contribution is 0.274. The first kappa shape index (κ1) is 26.9. The van der Waals surface area contributed by atoms with Crippen LogP contribution < -0.4 is 4.18 Å². The van der Waals surface area contributed by atoms with E-state index in [9.17, 15) is 18.6 Å². The molecule has 30 heavy (non-hydrogen) atoms. The minimum Gasteiger partial charge on any atom is -0.392 e. The second-order valence-corrected chi connectivity index (χ2v) is 9.93. The standard InChI is InChI=1S/C24H42O5S/c1-2-3-4-5-6-7-8-9-10-11-12-13-14-15-16-30(27,28)29-24-18-22(20-25)17-23(19-24)21-26/h17-19,25-26H,2-16,20-21H2,1H3. The van der Waals surface area contributed by atoms with Crippen LogP contribution in [0, 0.1) is 0 Å². The Kier molecular flexibility index (Phi) is 14.9. The van der Waals surface area contributed by atoms with Gasteiger partial charge in [0, 0.05) is 0 Å². The van der Waals surface area contributed by atoms with Crippen LogP contribution >= 0.6 is 0 Å². The van der Waals surface area contributed by atoms with Crippen LogP contribution in [0.1, 0.15) is 108 Å². The zero-order valence-electron chi connectivity index (χ0n) is 18.8. The fourth-order valence-corrected chi connectivity index (χ4v) is 4.65. The van der Waals surface area contributed by atoms with Crippen LogP contribution in [0.15, 0.2) is 18.2 Å². The van der Waals surface area contributed by atoms with E-state index in [4.69, 9.17) is 4.18 Å². The van der Waals surface area contributed by atoms with E-state index < -0.39 is 10.1 Å². The Morgan fingerprint density at radius 1 is 0.667 bits per heavy atom. The average Bonchev–Trinajstić information content (AvgIpc) is 2.73. The minimum atomic E-state index is -3.66. The first-order chi connectivity index (χ1) is 14.5. The van der Waals surface area contributed by atoms with E-state index in [0.717, 1.165) is 19.3 Å². The van der Waals surface area contributed by atoms with Crippen molar-refractivity contribution in [3.05, 3.63) is 29.3 Å². The molecular formula is C24H42O5S. The van der Waals surface area contributed by atoms with E-state index in [2.05, 4.69) is 6.92 Å². The summed E-state index contributed by atoms with van der Waals surface area (Å²) in [5, 5.41) is 18.5. The number of aliphatic hydroxyl groups excluding tert-OH is 2. The maximum Gasteiger partial charge on any atom is 0.309 e. The van der Waals surface area contributed by atoms with Gasteiger partial charge in [0.15, 0.2) is 0 Å².